The SMILES string of the molecule is Cc1cc(C(C(=O)N2C[C@H](O)C[C@H]2C2=NC(=O)C(C)(C)N2)C(C)C)on1. The van der Waals surface area contributed by atoms with Crippen molar-refractivity contribution in [2.24, 2.45) is 10.9 Å². The molecule has 1 aromatic heterocycles. The fourth-order valence-electron chi connectivity index (χ4n) is 3.57. The zero-order chi connectivity index (χ0) is 19.2. The Balaban J connectivity index is 1.89. The average molecular weight is 362 g/mol. The molecule has 3 atom stereocenters. The number of hydrogen-bond donors (Lipinski definition) is 2. The average Bonchev–Trinajstić information content (AvgIpc) is 3.18. The number of aliphatic hydroxyl groups is 1. The second kappa shape index (κ2) is 6.50. The first-order valence-corrected chi connectivity index (χ1v) is 8.93. The molecule has 2 aliphatic heterocycles. The molecule has 142 valence electrons. The zero-order valence-electron chi connectivity index (χ0n) is 15.8. The lowest BCUT2D eigenvalue weighted by Gasteiger charge is -2.30. The zero-order valence-corrected chi connectivity index (χ0v) is 15.8. The van der Waals surface area contributed by atoms with Crippen LogP contribution in [0.3, 0.4) is 0 Å². The number of rotatable bonds is 4. The second-order valence-electron chi connectivity index (χ2n) is 8.04. The third-order valence-corrected chi connectivity index (χ3v) is 4.96. The minimum atomic E-state index is -0.795. The Morgan fingerprint density at radius 3 is 2.65 bits per heavy atom. The number of aryl methyl sites for hydroxylation is 1. The number of carbonyl (C=O) groups excluding carboxylic acids is 2. The van der Waals surface area contributed by atoms with Gasteiger partial charge in [-0.2, -0.15) is 4.99 Å². The van der Waals surface area contributed by atoms with Gasteiger partial charge < -0.3 is 19.8 Å². The van der Waals surface area contributed by atoms with Crippen molar-refractivity contribution in [2.45, 2.75) is 64.6 Å². The van der Waals surface area contributed by atoms with Crippen LogP contribution < -0.4 is 5.32 Å². The number of β-amino-alcohol motifs (C(OH)–C–C–N with tert-alkyl or cyclic N) is 1. The highest BCUT2D eigenvalue weighted by atomic mass is 16.5. The third kappa shape index (κ3) is 3.25. The Labute approximate surface area is 152 Å². The van der Waals surface area contributed by atoms with Crippen LogP contribution in [0.15, 0.2) is 15.6 Å². The molecule has 2 aliphatic rings. The fourth-order valence-corrected chi connectivity index (χ4v) is 3.57. The summed E-state index contributed by atoms with van der Waals surface area (Å²) in [7, 11) is 0. The van der Waals surface area contributed by atoms with Gasteiger partial charge in [0.15, 0.2) is 0 Å². The largest absolute Gasteiger partial charge is 0.391 e. The smallest absolute Gasteiger partial charge is 0.272 e. The van der Waals surface area contributed by atoms with Gasteiger partial charge in [-0.1, -0.05) is 19.0 Å². The normalized spacial score (nSPS) is 26.2. The van der Waals surface area contributed by atoms with Gasteiger partial charge in [0.25, 0.3) is 5.91 Å². The third-order valence-electron chi connectivity index (χ3n) is 4.96. The number of nitrogens with zero attached hydrogens (tertiary/aromatic N) is 3. The quantitative estimate of drug-likeness (QED) is 0.827. The van der Waals surface area contributed by atoms with Crippen molar-refractivity contribution >= 4 is 17.6 Å². The van der Waals surface area contributed by atoms with E-state index < -0.39 is 23.6 Å². The highest BCUT2D eigenvalue weighted by Crippen LogP contribution is 2.32. The van der Waals surface area contributed by atoms with Crippen molar-refractivity contribution in [3.05, 3.63) is 17.5 Å². The van der Waals surface area contributed by atoms with Gasteiger partial charge in [-0.15, -0.1) is 0 Å². The van der Waals surface area contributed by atoms with E-state index in [1.165, 1.54) is 0 Å². The lowest BCUT2D eigenvalue weighted by Crippen LogP contribution is -2.51. The first kappa shape index (κ1) is 18.6. The van der Waals surface area contributed by atoms with Crippen LogP contribution in [0.2, 0.25) is 0 Å². The van der Waals surface area contributed by atoms with Crippen molar-refractivity contribution in [3.8, 4) is 0 Å². The van der Waals surface area contributed by atoms with Gasteiger partial charge in [0, 0.05) is 19.0 Å². The van der Waals surface area contributed by atoms with Gasteiger partial charge in [0.1, 0.15) is 23.1 Å². The number of nitrogens with one attached hydrogen (secondary N) is 1. The Morgan fingerprint density at radius 1 is 1.46 bits per heavy atom. The number of carbonyl (C=O) groups is 2. The van der Waals surface area contributed by atoms with Gasteiger partial charge in [0.2, 0.25) is 5.91 Å². The summed E-state index contributed by atoms with van der Waals surface area (Å²) in [5.41, 5.74) is -0.0810. The number of hydrogen-bond acceptors (Lipinski definition) is 6. The van der Waals surface area contributed by atoms with Gasteiger partial charge in [-0.25, -0.2) is 0 Å². The maximum absolute atomic E-state index is 13.3. The molecule has 0 spiro atoms. The standard InChI is InChI=1S/C18H26N4O4/c1-9(2)14(13-6-10(3)21-26-13)16(24)22-8-11(23)7-12(22)15-19-17(25)18(4,5)20-15/h6,9,11-12,14,23H,7-8H2,1-5H3,(H,19,20,25)/t11-,12+,14?/m1/s1. The Hall–Kier alpha value is -2.22. The highest BCUT2D eigenvalue weighted by Gasteiger charge is 2.46. The molecule has 2 amide bonds. The molecule has 0 radical (unpaired) electrons. The molecule has 2 N–H and O–H groups in total. The van der Waals surface area contributed by atoms with Crippen LogP contribution in [0.25, 0.3) is 0 Å². The van der Waals surface area contributed by atoms with E-state index in [4.69, 9.17) is 4.52 Å². The monoisotopic (exact) mass is 362 g/mol. The molecule has 0 aromatic carbocycles. The van der Waals surface area contributed by atoms with Crippen LogP contribution in [0.1, 0.15) is 51.5 Å². The molecule has 0 aliphatic carbocycles. The molecule has 1 saturated heterocycles. The number of aliphatic imine (C=N–C) groups is 1. The first-order valence-electron chi connectivity index (χ1n) is 8.93. The number of likely N-dealkylation sites (tertiary alicyclic amines) is 1. The molecule has 8 heteroatoms. The Kier molecular flexibility index (Phi) is 4.64. The molecule has 1 unspecified atom stereocenters. The Morgan fingerprint density at radius 2 is 2.15 bits per heavy atom. The first-order chi connectivity index (χ1) is 12.1. The van der Waals surface area contributed by atoms with E-state index in [1.807, 2.05) is 20.8 Å². The summed E-state index contributed by atoms with van der Waals surface area (Å²) in [6, 6.07) is 1.32. The maximum atomic E-state index is 13.3. The summed E-state index contributed by atoms with van der Waals surface area (Å²) in [5.74, 6) is 0.0212. The number of aromatic nitrogens is 1. The summed E-state index contributed by atoms with van der Waals surface area (Å²) >= 11 is 0. The number of amides is 2. The fraction of sp³-hybridized carbons (Fsp3) is 0.667. The predicted molar refractivity (Wildman–Crippen MR) is 94.6 cm³/mol. The van der Waals surface area contributed by atoms with Crippen molar-refractivity contribution < 1.29 is 19.2 Å². The predicted octanol–water partition coefficient (Wildman–Crippen LogP) is 0.991. The Bertz CT molecular complexity index is 752. The molecule has 1 fully saturated rings. The van der Waals surface area contributed by atoms with Crippen LogP contribution in [0.5, 0.6) is 0 Å². The molecule has 0 saturated carbocycles. The summed E-state index contributed by atoms with van der Waals surface area (Å²) in [6.07, 6.45) is -0.308. The van der Waals surface area contributed by atoms with E-state index in [0.717, 1.165) is 0 Å². The van der Waals surface area contributed by atoms with Crippen LogP contribution in [0.4, 0.5) is 0 Å². The molecule has 26 heavy (non-hydrogen) atoms. The van der Waals surface area contributed by atoms with Crippen LogP contribution in [-0.4, -0.2) is 57.0 Å². The van der Waals surface area contributed by atoms with Crippen LogP contribution in [0, 0.1) is 12.8 Å². The molecule has 3 heterocycles. The van der Waals surface area contributed by atoms with Gasteiger partial charge in [-0.05, 0) is 26.7 Å². The van der Waals surface area contributed by atoms with Crippen molar-refractivity contribution in [1.82, 2.24) is 15.4 Å². The molecule has 1 aromatic rings. The number of amidine groups is 1. The lowest BCUT2D eigenvalue weighted by molar-refractivity contribution is -0.134. The number of aliphatic hydroxyl groups excluding tert-OH is 1. The van der Waals surface area contributed by atoms with Gasteiger partial charge in [-0.3, -0.25) is 9.59 Å². The lowest BCUT2D eigenvalue weighted by atomic mass is 9.91. The van der Waals surface area contributed by atoms with Crippen molar-refractivity contribution in [3.63, 3.8) is 0 Å². The summed E-state index contributed by atoms with van der Waals surface area (Å²) in [6.45, 7) is 9.40. The summed E-state index contributed by atoms with van der Waals surface area (Å²) in [4.78, 5) is 31.1. The molecule has 8 nitrogen and oxygen atoms in total. The molecular weight excluding hydrogens is 336 g/mol. The van der Waals surface area contributed by atoms with Crippen molar-refractivity contribution in [2.75, 3.05) is 6.54 Å². The van der Waals surface area contributed by atoms with E-state index in [0.29, 0.717) is 23.7 Å². The second-order valence-corrected chi connectivity index (χ2v) is 8.04. The van der Waals surface area contributed by atoms with E-state index in [-0.39, 0.29) is 24.3 Å². The van der Waals surface area contributed by atoms with Gasteiger partial charge in [0.05, 0.1) is 17.8 Å². The van der Waals surface area contributed by atoms with Crippen LogP contribution in [-0.2, 0) is 9.59 Å². The van der Waals surface area contributed by atoms with Gasteiger partial charge >= 0.3 is 0 Å². The molecule has 0 bridgehead atoms. The highest BCUT2D eigenvalue weighted by molar-refractivity contribution is 6.09. The van der Waals surface area contributed by atoms with E-state index in [9.17, 15) is 14.7 Å². The summed E-state index contributed by atoms with van der Waals surface area (Å²) in [5, 5.41) is 17.2. The minimum absolute atomic E-state index is 0.00945. The van der Waals surface area contributed by atoms with Crippen molar-refractivity contribution in [1.29, 1.82) is 0 Å². The molecular formula is C18H26N4O4. The summed E-state index contributed by atoms with van der Waals surface area (Å²) < 4.78 is 5.35. The molecule has 3 rings (SSSR count). The minimum Gasteiger partial charge on any atom is -0.391 e. The van der Waals surface area contributed by atoms with E-state index >= 15 is 0 Å². The maximum Gasteiger partial charge on any atom is 0.272 e. The van der Waals surface area contributed by atoms with Crippen LogP contribution >= 0.6 is 0 Å². The van der Waals surface area contributed by atoms with E-state index in [2.05, 4.69) is 15.5 Å². The topological polar surface area (TPSA) is 108 Å². The van der Waals surface area contributed by atoms with E-state index in [1.54, 1.807) is 24.8 Å².